The van der Waals surface area contributed by atoms with Crippen molar-refractivity contribution in [2.24, 2.45) is 11.8 Å². The number of aliphatic hydroxyl groups is 1. The van der Waals surface area contributed by atoms with Gasteiger partial charge in [0.05, 0.1) is 25.7 Å². The first-order valence-electron chi connectivity index (χ1n) is 10.9. The first kappa shape index (κ1) is 24.7. The largest absolute Gasteiger partial charge is 0.496 e. The Hall–Kier alpha value is -2.61. The molecule has 2 amide bonds. The number of hydrogen-bond acceptors (Lipinski definition) is 5. The maximum Gasteiger partial charge on any atom is 0.290 e. The van der Waals surface area contributed by atoms with Crippen LogP contribution in [0.4, 0.5) is 0 Å². The van der Waals surface area contributed by atoms with Crippen molar-refractivity contribution in [3.05, 3.63) is 29.8 Å². The lowest BCUT2D eigenvalue weighted by Gasteiger charge is -2.37. The summed E-state index contributed by atoms with van der Waals surface area (Å²) in [5.74, 6) is 1.26. The molecule has 0 aromatic heterocycles. The van der Waals surface area contributed by atoms with Crippen LogP contribution >= 0.6 is 0 Å². The lowest BCUT2D eigenvalue weighted by molar-refractivity contribution is -0.139. The van der Waals surface area contributed by atoms with Gasteiger partial charge in [0, 0.05) is 24.6 Å². The van der Waals surface area contributed by atoms with Gasteiger partial charge in [-0.05, 0) is 44.1 Å². The number of hydrogen-bond donors (Lipinski definition) is 3. The van der Waals surface area contributed by atoms with E-state index >= 15 is 0 Å². The molecule has 0 radical (unpaired) electrons. The average Bonchev–Trinajstić information content (AvgIpc) is 2.76. The quantitative estimate of drug-likeness (QED) is 0.609. The molecule has 3 atom stereocenters. The minimum Gasteiger partial charge on any atom is -0.496 e. The fourth-order valence-electron chi connectivity index (χ4n) is 4.30. The van der Waals surface area contributed by atoms with Gasteiger partial charge in [-0.25, -0.2) is 0 Å². The summed E-state index contributed by atoms with van der Waals surface area (Å²) in [6, 6.07) is 7.04. The van der Waals surface area contributed by atoms with Crippen molar-refractivity contribution >= 4 is 18.3 Å². The Balaban J connectivity index is 0.00000107. The topological polar surface area (TPSA) is 116 Å². The number of nitrogens with one attached hydrogen (secondary N) is 1. The maximum atomic E-state index is 12.9. The van der Waals surface area contributed by atoms with Crippen LogP contribution in [0.25, 0.3) is 0 Å². The van der Waals surface area contributed by atoms with Crippen LogP contribution in [0.2, 0.25) is 0 Å². The molecule has 1 aliphatic carbocycles. The van der Waals surface area contributed by atoms with Crippen LogP contribution in [0.15, 0.2) is 24.3 Å². The fraction of sp³-hybridized carbons (Fsp3) is 0.609. The van der Waals surface area contributed by atoms with E-state index in [4.69, 9.17) is 14.6 Å². The highest BCUT2D eigenvalue weighted by Gasteiger charge is 2.36. The van der Waals surface area contributed by atoms with Gasteiger partial charge in [-0.1, -0.05) is 25.1 Å². The van der Waals surface area contributed by atoms with E-state index < -0.39 is 6.10 Å². The van der Waals surface area contributed by atoms with E-state index in [-0.39, 0.29) is 36.7 Å². The average molecular weight is 435 g/mol. The minimum atomic E-state index is -0.605. The summed E-state index contributed by atoms with van der Waals surface area (Å²) in [5.41, 5.74) is 0.808. The zero-order valence-electron chi connectivity index (χ0n) is 18.3. The van der Waals surface area contributed by atoms with Gasteiger partial charge in [0.2, 0.25) is 11.8 Å². The number of amides is 2. The number of nitrogens with zero attached hydrogens (tertiary/aromatic N) is 1. The Morgan fingerprint density at radius 3 is 2.48 bits per heavy atom. The number of para-hydroxylation sites is 1. The molecule has 0 bridgehead atoms. The third-order valence-corrected chi connectivity index (χ3v) is 6.15. The third-order valence-electron chi connectivity index (χ3n) is 6.15. The van der Waals surface area contributed by atoms with E-state index in [1.165, 1.54) is 0 Å². The number of aliphatic hydroxyl groups excluding tert-OH is 1. The van der Waals surface area contributed by atoms with Crippen LogP contribution in [0.5, 0.6) is 5.75 Å². The Morgan fingerprint density at radius 1 is 1.19 bits per heavy atom. The van der Waals surface area contributed by atoms with E-state index in [2.05, 4.69) is 12.2 Å². The summed E-state index contributed by atoms with van der Waals surface area (Å²) in [6.07, 6.45) is 3.43. The molecule has 1 heterocycles. The molecule has 2 fully saturated rings. The highest BCUT2D eigenvalue weighted by atomic mass is 16.5. The normalized spacial score (nSPS) is 23.8. The highest BCUT2D eigenvalue weighted by molar-refractivity contribution is 5.81. The molecule has 31 heavy (non-hydrogen) atoms. The molecule has 1 saturated heterocycles. The van der Waals surface area contributed by atoms with Gasteiger partial charge in [0.25, 0.3) is 6.47 Å². The van der Waals surface area contributed by atoms with Gasteiger partial charge in [-0.3, -0.25) is 14.4 Å². The second kappa shape index (κ2) is 12.3. The SMILES string of the molecule is COc1ccccc1CC(=O)N[C@@H]1C[C@@H](C(=O)N2CCC(C)CC2)CC[C@H]1O.O=CO. The molecule has 1 aromatic rings. The highest BCUT2D eigenvalue weighted by Crippen LogP contribution is 2.28. The van der Waals surface area contributed by atoms with Crippen LogP contribution in [-0.4, -0.2) is 65.7 Å². The molecular weight excluding hydrogens is 400 g/mol. The smallest absolute Gasteiger partial charge is 0.290 e. The summed E-state index contributed by atoms with van der Waals surface area (Å²) in [6.45, 7) is 3.62. The predicted octanol–water partition coefficient (Wildman–Crippen LogP) is 1.84. The van der Waals surface area contributed by atoms with E-state index in [1.54, 1.807) is 7.11 Å². The van der Waals surface area contributed by atoms with Crippen LogP contribution in [0, 0.1) is 11.8 Å². The predicted molar refractivity (Wildman–Crippen MR) is 116 cm³/mol. The number of ether oxygens (including phenoxy) is 1. The molecule has 8 nitrogen and oxygen atoms in total. The van der Waals surface area contributed by atoms with Crippen LogP contribution in [0.1, 0.15) is 44.6 Å². The maximum absolute atomic E-state index is 12.9. The summed E-state index contributed by atoms with van der Waals surface area (Å²) >= 11 is 0. The van der Waals surface area contributed by atoms with Crippen LogP contribution in [0.3, 0.4) is 0 Å². The molecule has 0 spiro atoms. The number of piperidine rings is 1. The molecule has 2 aliphatic rings. The van der Waals surface area contributed by atoms with Crippen molar-refractivity contribution in [2.75, 3.05) is 20.2 Å². The molecule has 3 N–H and O–H groups in total. The van der Waals surface area contributed by atoms with Gasteiger partial charge in [-0.2, -0.15) is 0 Å². The molecule has 1 aliphatic heterocycles. The van der Waals surface area contributed by atoms with Crippen LogP contribution in [-0.2, 0) is 20.8 Å². The molecule has 0 unspecified atom stereocenters. The van der Waals surface area contributed by atoms with Gasteiger partial charge in [0.15, 0.2) is 0 Å². The summed E-state index contributed by atoms with van der Waals surface area (Å²) in [7, 11) is 1.58. The second-order valence-corrected chi connectivity index (χ2v) is 8.35. The Kier molecular flexibility index (Phi) is 9.78. The molecule has 8 heteroatoms. The zero-order chi connectivity index (χ0) is 22.8. The van der Waals surface area contributed by atoms with E-state index in [0.717, 1.165) is 31.5 Å². The number of methoxy groups -OCH3 is 1. The van der Waals surface area contributed by atoms with Crippen molar-refractivity contribution in [3.63, 3.8) is 0 Å². The summed E-state index contributed by atoms with van der Waals surface area (Å²) < 4.78 is 5.30. The molecule has 1 saturated carbocycles. The molecular formula is C23H34N2O6. The van der Waals surface area contributed by atoms with Crippen molar-refractivity contribution in [2.45, 2.75) is 57.6 Å². The van der Waals surface area contributed by atoms with Gasteiger partial charge in [0.1, 0.15) is 5.75 Å². The number of carboxylic acid groups (broad SMARTS) is 1. The summed E-state index contributed by atoms with van der Waals surface area (Å²) in [4.78, 5) is 35.8. The Morgan fingerprint density at radius 2 is 1.84 bits per heavy atom. The van der Waals surface area contributed by atoms with E-state index in [0.29, 0.717) is 30.9 Å². The van der Waals surface area contributed by atoms with Crippen molar-refractivity contribution in [1.82, 2.24) is 10.2 Å². The number of carbonyl (C=O) groups excluding carboxylic acids is 2. The van der Waals surface area contributed by atoms with Crippen molar-refractivity contribution in [1.29, 1.82) is 0 Å². The molecule has 172 valence electrons. The van der Waals surface area contributed by atoms with E-state index in [9.17, 15) is 14.7 Å². The van der Waals surface area contributed by atoms with Crippen LogP contribution < -0.4 is 10.1 Å². The number of benzene rings is 1. The van der Waals surface area contributed by atoms with Gasteiger partial charge >= 0.3 is 0 Å². The molecule has 1 aromatic carbocycles. The summed E-state index contributed by atoms with van der Waals surface area (Å²) in [5, 5.41) is 20.2. The first-order chi connectivity index (χ1) is 14.9. The number of rotatable bonds is 5. The molecule has 3 rings (SSSR count). The second-order valence-electron chi connectivity index (χ2n) is 8.35. The Labute approximate surface area is 183 Å². The lowest BCUT2D eigenvalue weighted by atomic mass is 9.82. The number of carbonyl (C=O) groups is 3. The minimum absolute atomic E-state index is 0.117. The fourth-order valence-corrected chi connectivity index (χ4v) is 4.30. The van der Waals surface area contributed by atoms with Crippen molar-refractivity contribution in [3.8, 4) is 5.75 Å². The first-order valence-corrected chi connectivity index (χ1v) is 10.9. The standard InChI is InChI=1S/C22H32N2O4.CH2O2/c1-15-9-11-24(12-10-15)22(27)17-7-8-19(25)18(13-17)23-21(26)14-16-5-3-4-6-20(16)28-2;2-1-3/h3-6,15,17-19,25H,7-14H2,1-2H3,(H,23,26);1H,(H,2,3)/t17-,18+,19+;/m0./s1. The third kappa shape index (κ3) is 7.24. The van der Waals surface area contributed by atoms with Crippen molar-refractivity contribution < 1.29 is 29.3 Å². The van der Waals surface area contributed by atoms with E-state index in [1.807, 2.05) is 29.2 Å². The zero-order valence-corrected chi connectivity index (χ0v) is 18.3. The Bertz CT molecular complexity index is 733. The van der Waals surface area contributed by atoms with Gasteiger partial charge in [-0.15, -0.1) is 0 Å². The van der Waals surface area contributed by atoms with Gasteiger partial charge < -0.3 is 25.2 Å². The lowest BCUT2D eigenvalue weighted by Crippen LogP contribution is -2.51. The number of likely N-dealkylation sites (tertiary alicyclic amines) is 1. The monoisotopic (exact) mass is 434 g/mol.